The maximum Gasteiger partial charge on any atom is 0.228 e. The molecule has 3 nitrogen and oxygen atoms in total. The van der Waals surface area contributed by atoms with Crippen LogP contribution in [0.5, 0.6) is 11.6 Å². The fourth-order valence-corrected chi connectivity index (χ4v) is 1.16. The number of hydrogen-bond donors (Lipinski definition) is 0. The molecule has 0 radical (unpaired) electrons. The van der Waals surface area contributed by atoms with Crippen molar-refractivity contribution in [2.24, 2.45) is 0 Å². The molecule has 2 rings (SSSR count). The molecule has 0 N–H and O–H groups in total. The molecule has 0 spiro atoms. The maximum absolute atomic E-state index is 6.97. The Balaban J connectivity index is 2.29. The topological polar surface area (TPSA) is 26.5 Å². The van der Waals surface area contributed by atoms with E-state index in [9.17, 15) is 0 Å². The van der Waals surface area contributed by atoms with Crippen molar-refractivity contribution < 1.29 is 4.74 Å². The number of benzene rings is 1. The zero-order valence-electron chi connectivity index (χ0n) is 7.92. The summed E-state index contributed by atoms with van der Waals surface area (Å²) in [6.07, 6.45) is 1.65. The largest absolute Gasteiger partial charge is 0.450 e. The van der Waals surface area contributed by atoms with Crippen LogP contribution in [0.15, 0.2) is 48.7 Å². The number of ether oxygens (including phenoxy) is 1. The van der Waals surface area contributed by atoms with E-state index in [0.29, 0.717) is 17.3 Å². The van der Waals surface area contributed by atoms with Crippen molar-refractivity contribution in [1.82, 2.24) is 4.98 Å². The van der Waals surface area contributed by atoms with E-state index in [-0.39, 0.29) is 0 Å². The van der Waals surface area contributed by atoms with Crippen LogP contribution in [0.3, 0.4) is 0 Å². The van der Waals surface area contributed by atoms with Crippen LogP contribution in [-0.2, 0) is 0 Å². The SMILES string of the molecule is [C-]#[N+]c1ccccc1Oc1ccccn1. The molecule has 72 valence electrons. The van der Waals surface area contributed by atoms with E-state index in [2.05, 4.69) is 9.83 Å². The van der Waals surface area contributed by atoms with Crippen molar-refractivity contribution in [3.05, 3.63) is 60.1 Å². The zero-order chi connectivity index (χ0) is 10.5. The van der Waals surface area contributed by atoms with Crippen molar-refractivity contribution in [3.8, 4) is 11.6 Å². The van der Waals surface area contributed by atoms with E-state index >= 15 is 0 Å². The Morgan fingerprint density at radius 3 is 2.60 bits per heavy atom. The van der Waals surface area contributed by atoms with E-state index in [1.807, 2.05) is 18.2 Å². The quantitative estimate of drug-likeness (QED) is 0.688. The van der Waals surface area contributed by atoms with Gasteiger partial charge in [0, 0.05) is 12.3 Å². The summed E-state index contributed by atoms with van der Waals surface area (Å²) in [7, 11) is 0. The van der Waals surface area contributed by atoms with E-state index in [0.717, 1.165) is 0 Å². The molecule has 0 aliphatic rings. The number of nitrogens with zero attached hydrogens (tertiary/aromatic N) is 2. The molecule has 1 aromatic heterocycles. The summed E-state index contributed by atoms with van der Waals surface area (Å²) in [6.45, 7) is 6.97. The number of pyridine rings is 1. The molecule has 0 unspecified atom stereocenters. The third kappa shape index (κ3) is 2.12. The highest BCUT2D eigenvalue weighted by Gasteiger charge is 2.03. The lowest BCUT2D eigenvalue weighted by Crippen LogP contribution is -1.86. The Morgan fingerprint density at radius 1 is 1.07 bits per heavy atom. The van der Waals surface area contributed by atoms with Gasteiger partial charge in [0.1, 0.15) is 5.75 Å². The Labute approximate surface area is 87.8 Å². The fourth-order valence-electron chi connectivity index (χ4n) is 1.16. The zero-order valence-corrected chi connectivity index (χ0v) is 7.92. The van der Waals surface area contributed by atoms with Crippen molar-refractivity contribution in [1.29, 1.82) is 0 Å². The van der Waals surface area contributed by atoms with Gasteiger partial charge in [-0.25, -0.2) is 9.83 Å². The number of aromatic nitrogens is 1. The van der Waals surface area contributed by atoms with E-state index in [1.165, 1.54) is 0 Å². The van der Waals surface area contributed by atoms with Crippen molar-refractivity contribution in [3.63, 3.8) is 0 Å². The van der Waals surface area contributed by atoms with Crippen LogP contribution in [0.2, 0.25) is 0 Å². The molecule has 3 heteroatoms. The first-order chi connectivity index (χ1) is 7.40. The van der Waals surface area contributed by atoms with Gasteiger partial charge in [-0.1, -0.05) is 24.3 Å². The van der Waals surface area contributed by atoms with Gasteiger partial charge in [-0.2, -0.15) is 0 Å². The lowest BCUT2D eigenvalue weighted by atomic mass is 10.3. The molecule has 0 aliphatic carbocycles. The smallest absolute Gasteiger partial charge is 0.228 e. The van der Waals surface area contributed by atoms with Gasteiger partial charge in [-0.3, -0.25) is 0 Å². The minimum absolute atomic E-state index is 0.489. The van der Waals surface area contributed by atoms with Crippen LogP contribution in [-0.4, -0.2) is 4.98 Å². The predicted molar refractivity (Wildman–Crippen MR) is 57.0 cm³/mol. The van der Waals surface area contributed by atoms with Gasteiger partial charge in [0.05, 0.1) is 6.57 Å². The average Bonchev–Trinajstić information content (AvgIpc) is 2.31. The summed E-state index contributed by atoms with van der Waals surface area (Å²) in [5.74, 6) is 1.03. The molecule has 1 aromatic carbocycles. The van der Waals surface area contributed by atoms with Crippen molar-refractivity contribution in [2.75, 3.05) is 0 Å². The summed E-state index contributed by atoms with van der Waals surface area (Å²) >= 11 is 0. The summed E-state index contributed by atoms with van der Waals surface area (Å²) in [5.41, 5.74) is 0.489. The molecule has 0 aliphatic heterocycles. The predicted octanol–water partition coefficient (Wildman–Crippen LogP) is 3.42. The van der Waals surface area contributed by atoms with Gasteiger partial charge in [0.25, 0.3) is 0 Å². The molecule has 0 fully saturated rings. The number of hydrogen-bond acceptors (Lipinski definition) is 2. The summed E-state index contributed by atoms with van der Waals surface area (Å²) in [4.78, 5) is 7.39. The van der Waals surface area contributed by atoms with Gasteiger partial charge in [-0.15, -0.1) is 0 Å². The van der Waals surface area contributed by atoms with Gasteiger partial charge < -0.3 is 4.74 Å². The maximum atomic E-state index is 6.97. The van der Waals surface area contributed by atoms with Crippen LogP contribution in [0.25, 0.3) is 4.85 Å². The van der Waals surface area contributed by atoms with Crippen molar-refractivity contribution >= 4 is 5.69 Å². The lowest BCUT2D eigenvalue weighted by molar-refractivity contribution is 0.465. The third-order valence-electron chi connectivity index (χ3n) is 1.84. The Morgan fingerprint density at radius 2 is 1.87 bits per heavy atom. The monoisotopic (exact) mass is 196 g/mol. The molecular weight excluding hydrogens is 188 g/mol. The highest BCUT2D eigenvalue weighted by atomic mass is 16.5. The van der Waals surface area contributed by atoms with Crippen LogP contribution in [0.1, 0.15) is 0 Å². The second-order valence-corrected chi connectivity index (χ2v) is 2.85. The summed E-state index contributed by atoms with van der Waals surface area (Å²) in [5, 5.41) is 0. The van der Waals surface area contributed by atoms with E-state index < -0.39 is 0 Å². The van der Waals surface area contributed by atoms with Crippen LogP contribution in [0.4, 0.5) is 5.69 Å². The first-order valence-corrected chi connectivity index (χ1v) is 4.45. The molecule has 0 saturated carbocycles. The fraction of sp³-hybridized carbons (Fsp3) is 0. The molecular formula is C12H8N2O. The van der Waals surface area contributed by atoms with Gasteiger partial charge in [0.15, 0.2) is 0 Å². The van der Waals surface area contributed by atoms with Crippen LogP contribution in [0, 0.1) is 6.57 Å². The Kier molecular flexibility index (Phi) is 2.61. The minimum atomic E-state index is 0.489. The highest BCUT2D eigenvalue weighted by molar-refractivity contribution is 5.57. The first-order valence-electron chi connectivity index (χ1n) is 4.45. The normalized spacial score (nSPS) is 9.27. The first kappa shape index (κ1) is 9.22. The van der Waals surface area contributed by atoms with Gasteiger partial charge in [0.2, 0.25) is 11.6 Å². The molecule has 15 heavy (non-hydrogen) atoms. The van der Waals surface area contributed by atoms with Crippen LogP contribution < -0.4 is 4.74 Å². The highest BCUT2D eigenvalue weighted by Crippen LogP contribution is 2.30. The summed E-state index contributed by atoms with van der Waals surface area (Å²) in [6, 6.07) is 12.5. The Bertz CT molecular complexity index is 488. The van der Waals surface area contributed by atoms with Crippen LogP contribution >= 0.6 is 0 Å². The second-order valence-electron chi connectivity index (χ2n) is 2.85. The third-order valence-corrected chi connectivity index (χ3v) is 1.84. The lowest BCUT2D eigenvalue weighted by Gasteiger charge is -2.05. The standard InChI is InChI=1S/C12H8N2O/c1-13-10-6-2-3-7-11(10)15-12-8-4-5-9-14-12/h2-9H. The number of para-hydroxylation sites is 2. The molecule has 0 atom stereocenters. The van der Waals surface area contributed by atoms with E-state index in [1.54, 1.807) is 30.5 Å². The molecule has 2 aromatic rings. The van der Waals surface area contributed by atoms with Crippen molar-refractivity contribution in [2.45, 2.75) is 0 Å². The summed E-state index contributed by atoms with van der Waals surface area (Å²) < 4.78 is 5.48. The van der Waals surface area contributed by atoms with E-state index in [4.69, 9.17) is 11.3 Å². The molecule has 0 amide bonds. The Hall–Kier alpha value is -2.34. The molecule has 0 saturated heterocycles. The van der Waals surface area contributed by atoms with Gasteiger partial charge in [-0.05, 0) is 12.1 Å². The second kappa shape index (κ2) is 4.25. The molecule has 1 heterocycles. The minimum Gasteiger partial charge on any atom is -0.450 e. The van der Waals surface area contributed by atoms with Gasteiger partial charge >= 0.3 is 0 Å². The molecule has 0 bridgehead atoms. The number of rotatable bonds is 2. The average molecular weight is 196 g/mol.